The van der Waals surface area contributed by atoms with Gasteiger partial charge in [-0.25, -0.2) is 0 Å². The molecule has 2 aromatic rings. The number of carboxylic acid groups (broad SMARTS) is 1. The molecular weight excluding hydrogens is 314 g/mol. The molecule has 2 rings (SSSR count). The summed E-state index contributed by atoms with van der Waals surface area (Å²) >= 11 is 0. The SMILES string of the molecule is CC(C)Cc1cccc(C(C)C(=O)Nc2ccccc2CC(=O)O)c1. The molecule has 132 valence electrons. The molecule has 0 bridgehead atoms. The van der Waals surface area contributed by atoms with Gasteiger partial charge in [0.25, 0.3) is 0 Å². The van der Waals surface area contributed by atoms with Gasteiger partial charge in [-0.3, -0.25) is 9.59 Å². The summed E-state index contributed by atoms with van der Waals surface area (Å²) in [6.07, 6.45) is 0.859. The molecule has 1 atom stereocenters. The van der Waals surface area contributed by atoms with Gasteiger partial charge >= 0.3 is 5.97 Å². The highest BCUT2D eigenvalue weighted by Gasteiger charge is 2.17. The number of hydrogen-bond acceptors (Lipinski definition) is 2. The van der Waals surface area contributed by atoms with E-state index in [0.29, 0.717) is 17.2 Å². The lowest BCUT2D eigenvalue weighted by Gasteiger charge is -2.16. The Morgan fingerprint density at radius 3 is 2.44 bits per heavy atom. The Labute approximate surface area is 148 Å². The molecule has 0 radical (unpaired) electrons. The highest BCUT2D eigenvalue weighted by Crippen LogP contribution is 2.22. The van der Waals surface area contributed by atoms with Crippen molar-refractivity contribution in [3.8, 4) is 0 Å². The van der Waals surface area contributed by atoms with E-state index < -0.39 is 5.97 Å². The lowest BCUT2D eigenvalue weighted by Crippen LogP contribution is -2.20. The Morgan fingerprint density at radius 1 is 1.04 bits per heavy atom. The average molecular weight is 339 g/mol. The Kier molecular flexibility index (Phi) is 6.34. The minimum Gasteiger partial charge on any atom is -0.481 e. The van der Waals surface area contributed by atoms with Gasteiger partial charge in [0, 0.05) is 5.69 Å². The third kappa shape index (κ3) is 5.45. The molecule has 4 nitrogen and oxygen atoms in total. The van der Waals surface area contributed by atoms with Crippen molar-refractivity contribution in [3.63, 3.8) is 0 Å². The minimum atomic E-state index is -0.920. The van der Waals surface area contributed by atoms with E-state index in [1.54, 1.807) is 24.3 Å². The van der Waals surface area contributed by atoms with E-state index in [-0.39, 0.29) is 18.2 Å². The number of anilines is 1. The quantitative estimate of drug-likeness (QED) is 0.792. The Hall–Kier alpha value is -2.62. The van der Waals surface area contributed by atoms with Crippen LogP contribution < -0.4 is 5.32 Å². The first-order valence-electron chi connectivity index (χ1n) is 8.56. The molecule has 0 aliphatic rings. The van der Waals surface area contributed by atoms with Crippen LogP contribution in [0.3, 0.4) is 0 Å². The van der Waals surface area contributed by atoms with Crippen molar-refractivity contribution in [2.24, 2.45) is 5.92 Å². The van der Waals surface area contributed by atoms with Gasteiger partial charge in [-0.15, -0.1) is 0 Å². The molecule has 0 fully saturated rings. The van der Waals surface area contributed by atoms with Crippen LogP contribution in [0.1, 0.15) is 43.4 Å². The number of para-hydroxylation sites is 1. The number of carbonyl (C=O) groups is 2. The summed E-state index contributed by atoms with van der Waals surface area (Å²) in [6.45, 7) is 6.20. The highest BCUT2D eigenvalue weighted by atomic mass is 16.4. The van der Waals surface area contributed by atoms with Crippen LogP contribution in [0.5, 0.6) is 0 Å². The van der Waals surface area contributed by atoms with Crippen LogP contribution in [0.25, 0.3) is 0 Å². The van der Waals surface area contributed by atoms with E-state index in [9.17, 15) is 9.59 Å². The van der Waals surface area contributed by atoms with Crippen molar-refractivity contribution in [2.45, 2.75) is 39.5 Å². The lowest BCUT2D eigenvalue weighted by molar-refractivity contribution is -0.136. The Balaban J connectivity index is 2.15. The maximum absolute atomic E-state index is 12.6. The molecular formula is C21H25NO3. The standard InChI is InChI=1S/C21H25NO3/c1-14(2)11-16-7-6-9-17(12-16)15(3)21(25)22-19-10-5-4-8-18(19)13-20(23)24/h4-10,12,14-15H,11,13H2,1-3H3,(H,22,25)(H,23,24). The van der Waals surface area contributed by atoms with Crippen molar-refractivity contribution >= 4 is 17.6 Å². The molecule has 0 saturated carbocycles. The second-order valence-electron chi connectivity index (χ2n) is 6.78. The van der Waals surface area contributed by atoms with E-state index in [1.165, 1.54) is 5.56 Å². The predicted molar refractivity (Wildman–Crippen MR) is 99.8 cm³/mol. The summed E-state index contributed by atoms with van der Waals surface area (Å²) in [7, 11) is 0. The zero-order chi connectivity index (χ0) is 18.4. The topological polar surface area (TPSA) is 66.4 Å². The van der Waals surface area contributed by atoms with Gasteiger partial charge in [0.1, 0.15) is 0 Å². The third-order valence-corrected chi connectivity index (χ3v) is 4.11. The van der Waals surface area contributed by atoms with Crippen molar-refractivity contribution in [3.05, 3.63) is 65.2 Å². The number of aliphatic carboxylic acids is 1. The first-order chi connectivity index (χ1) is 11.9. The van der Waals surface area contributed by atoms with Gasteiger partial charge in [-0.1, -0.05) is 56.3 Å². The molecule has 25 heavy (non-hydrogen) atoms. The summed E-state index contributed by atoms with van der Waals surface area (Å²) in [4.78, 5) is 23.6. The molecule has 0 heterocycles. The molecule has 0 saturated heterocycles. The van der Waals surface area contributed by atoms with Crippen LogP contribution in [0.15, 0.2) is 48.5 Å². The maximum Gasteiger partial charge on any atom is 0.307 e. The summed E-state index contributed by atoms with van der Waals surface area (Å²) in [5, 5.41) is 11.9. The third-order valence-electron chi connectivity index (χ3n) is 4.11. The van der Waals surface area contributed by atoms with Gasteiger partial charge in [0.15, 0.2) is 0 Å². The number of rotatable bonds is 7. The van der Waals surface area contributed by atoms with Crippen LogP contribution in [-0.4, -0.2) is 17.0 Å². The first kappa shape index (κ1) is 18.7. The zero-order valence-corrected chi connectivity index (χ0v) is 15.0. The van der Waals surface area contributed by atoms with E-state index in [2.05, 4.69) is 31.3 Å². The average Bonchev–Trinajstić information content (AvgIpc) is 2.55. The van der Waals surface area contributed by atoms with Crippen LogP contribution in [0.4, 0.5) is 5.69 Å². The largest absolute Gasteiger partial charge is 0.481 e. The first-order valence-corrected chi connectivity index (χ1v) is 8.56. The molecule has 1 unspecified atom stereocenters. The fourth-order valence-electron chi connectivity index (χ4n) is 2.81. The summed E-state index contributed by atoms with van der Waals surface area (Å²) in [6, 6.07) is 15.1. The lowest BCUT2D eigenvalue weighted by atomic mass is 9.95. The van der Waals surface area contributed by atoms with Crippen molar-refractivity contribution in [1.29, 1.82) is 0 Å². The molecule has 2 N–H and O–H groups in total. The van der Waals surface area contributed by atoms with Gasteiger partial charge in [0.05, 0.1) is 12.3 Å². The van der Waals surface area contributed by atoms with Gasteiger partial charge in [0.2, 0.25) is 5.91 Å². The maximum atomic E-state index is 12.6. The summed E-state index contributed by atoms with van der Waals surface area (Å²) in [5.41, 5.74) is 3.34. The molecule has 0 aliphatic carbocycles. The van der Waals surface area contributed by atoms with Crippen LogP contribution in [-0.2, 0) is 22.4 Å². The minimum absolute atomic E-state index is 0.116. The number of amides is 1. The van der Waals surface area contributed by atoms with Crippen molar-refractivity contribution in [1.82, 2.24) is 0 Å². The normalized spacial score (nSPS) is 12.0. The fraction of sp³-hybridized carbons (Fsp3) is 0.333. The fourth-order valence-corrected chi connectivity index (χ4v) is 2.81. The second-order valence-corrected chi connectivity index (χ2v) is 6.78. The predicted octanol–water partition coefficient (Wildman–Crippen LogP) is 4.25. The second kappa shape index (κ2) is 8.47. The highest BCUT2D eigenvalue weighted by molar-refractivity contribution is 5.96. The zero-order valence-electron chi connectivity index (χ0n) is 15.0. The molecule has 1 amide bonds. The molecule has 0 aliphatic heterocycles. The monoisotopic (exact) mass is 339 g/mol. The Morgan fingerprint density at radius 2 is 1.76 bits per heavy atom. The molecule has 4 heteroatoms. The van der Waals surface area contributed by atoms with Crippen LogP contribution >= 0.6 is 0 Å². The van der Waals surface area contributed by atoms with Gasteiger partial charge < -0.3 is 10.4 Å². The van der Waals surface area contributed by atoms with E-state index in [1.807, 2.05) is 19.1 Å². The van der Waals surface area contributed by atoms with Crippen LogP contribution in [0, 0.1) is 5.92 Å². The smallest absolute Gasteiger partial charge is 0.307 e. The summed E-state index contributed by atoms with van der Waals surface area (Å²) < 4.78 is 0. The van der Waals surface area contributed by atoms with Gasteiger partial charge in [-0.05, 0) is 42.0 Å². The van der Waals surface area contributed by atoms with Crippen LogP contribution in [0.2, 0.25) is 0 Å². The van der Waals surface area contributed by atoms with Crippen molar-refractivity contribution < 1.29 is 14.7 Å². The summed E-state index contributed by atoms with van der Waals surface area (Å²) in [5.74, 6) is -0.817. The molecule has 2 aromatic carbocycles. The molecule has 0 aromatic heterocycles. The van der Waals surface area contributed by atoms with E-state index in [0.717, 1.165) is 12.0 Å². The van der Waals surface area contributed by atoms with E-state index in [4.69, 9.17) is 5.11 Å². The van der Waals surface area contributed by atoms with Gasteiger partial charge in [-0.2, -0.15) is 0 Å². The molecule has 0 spiro atoms. The van der Waals surface area contributed by atoms with E-state index >= 15 is 0 Å². The number of carboxylic acids is 1. The number of nitrogens with one attached hydrogen (secondary N) is 1. The number of benzene rings is 2. The van der Waals surface area contributed by atoms with Crippen molar-refractivity contribution in [2.75, 3.05) is 5.32 Å². The Bertz CT molecular complexity index is 752. The number of hydrogen-bond donors (Lipinski definition) is 2. The number of carbonyl (C=O) groups excluding carboxylic acids is 1.